The highest BCUT2D eigenvalue weighted by Gasteiger charge is 2.34. The van der Waals surface area contributed by atoms with Gasteiger partial charge in [-0.05, 0) is 25.5 Å². The van der Waals surface area contributed by atoms with E-state index in [-0.39, 0.29) is 17.3 Å². The van der Waals surface area contributed by atoms with E-state index in [9.17, 15) is 4.79 Å². The number of nitrogens with zero attached hydrogens (tertiary/aromatic N) is 3. The normalized spacial score (nSPS) is 19.7. The van der Waals surface area contributed by atoms with Gasteiger partial charge in [0.05, 0.1) is 18.4 Å². The average Bonchev–Trinajstić information content (AvgIpc) is 3.29. The van der Waals surface area contributed by atoms with Gasteiger partial charge in [-0.15, -0.1) is 10.2 Å². The van der Waals surface area contributed by atoms with Gasteiger partial charge in [0, 0.05) is 6.42 Å². The van der Waals surface area contributed by atoms with Gasteiger partial charge in [0.25, 0.3) is 0 Å². The van der Waals surface area contributed by atoms with Crippen molar-refractivity contribution < 1.29 is 13.9 Å². The predicted octanol–water partition coefficient (Wildman–Crippen LogP) is 3.69. The molecule has 0 spiro atoms. The summed E-state index contributed by atoms with van der Waals surface area (Å²) in [4.78, 5) is 12.0. The monoisotopic (exact) mass is 369 g/mol. The van der Waals surface area contributed by atoms with Gasteiger partial charge in [0.2, 0.25) is 0 Å². The Morgan fingerprint density at radius 2 is 2.04 bits per heavy atom. The van der Waals surface area contributed by atoms with Gasteiger partial charge >= 0.3 is 5.97 Å². The third kappa shape index (κ3) is 3.26. The molecule has 3 heterocycles. The Kier molecular flexibility index (Phi) is 4.55. The van der Waals surface area contributed by atoms with Gasteiger partial charge in [-0.25, -0.2) is 0 Å². The van der Waals surface area contributed by atoms with Gasteiger partial charge < -0.3 is 9.15 Å². The molecule has 2 aromatic heterocycles. The predicted molar refractivity (Wildman–Crippen MR) is 97.8 cm³/mol. The Morgan fingerprint density at radius 3 is 2.69 bits per heavy atom. The number of hydrogen-bond acceptors (Lipinski definition) is 6. The van der Waals surface area contributed by atoms with Crippen LogP contribution in [0.4, 0.5) is 0 Å². The van der Waals surface area contributed by atoms with Crippen LogP contribution in [0.3, 0.4) is 0 Å². The number of cyclic esters (lactones) is 1. The van der Waals surface area contributed by atoms with Crippen LogP contribution < -0.4 is 0 Å². The second-order valence-electron chi connectivity index (χ2n) is 6.36. The molecule has 1 aromatic carbocycles. The number of furan rings is 1. The quantitative estimate of drug-likeness (QED) is 0.639. The van der Waals surface area contributed by atoms with E-state index in [0.717, 1.165) is 22.7 Å². The highest BCUT2D eigenvalue weighted by atomic mass is 32.2. The first kappa shape index (κ1) is 16.9. The fourth-order valence-corrected chi connectivity index (χ4v) is 4.18. The molecule has 0 amide bonds. The lowest BCUT2D eigenvalue weighted by Gasteiger charge is -2.11. The van der Waals surface area contributed by atoms with Gasteiger partial charge in [0.15, 0.2) is 11.0 Å². The molecular weight excluding hydrogens is 350 g/mol. The van der Waals surface area contributed by atoms with Crippen molar-refractivity contribution in [3.63, 3.8) is 0 Å². The van der Waals surface area contributed by atoms with Crippen molar-refractivity contribution in [2.24, 2.45) is 0 Å². The summed E-state index contributed by atoms with van der Waals surface area (Å²) in [6.45, 7) is 4.43. The third-order valence-electron chi connectivity index (χ3n) is 4.37. The summed E-state index contributed by atoms with van der Waals surface area (Å²) >= 11 is 1.42. The summed E-state index contributed by atoms with van der Waals surface area (Å²) in [6, 6.07) is 12.0. The van der Waals surface area contributed by atoms with E-state index in [1.54, 1.807) is 6.26 Å². The number of rotatable bonds is 5. The van der Waals surface area contributed by atoms with E-state index in [1.807, 2.05) is 42.7 Å². The molecule has 0 unspecified atom stereocenters. The molecule has 0 N–H and O–H groups in total. The van der Waals surface area contributed by atoms with Crippen molar-refractivity contribution >= 4 is 17.7 Å². The van der Waals surface area contributed by atoms with Crippen LogP contribution >= 0.6 is 11.8 Å². The summed E-state index contributed by atoms with van der Waals surface area (Å²) in [7, 11) is 0. The fraction of sp³-hybridized carbons (Fsp3) is 0.316. The van der Waals surface area contributed by atoms with E-state index < -0.39 is 0 Å². The second-order valence-corrected chi connectivity index (χ2v) is 7.53. The van der Waals surface area contributed by atoms with Crippen LogP contribution in [-0.2, 0) is 16.1 Å². The van der Waals surface area contributed by atoms with E-state index in [1.165, 1.54) is 11.8 Å². The maximum atomic E-state index is 12.0. The third-order valence-corrected chi connectivity index (χ3v) is 5.56. The minimum absolute atomic E-state index is 0.0546. The minimum Gasteiger partial charge on any atom is -0.469 e. The number of benzene rings is 1. The van der Waals surface area contributed by atoms with Crippen LogP contribution in [-0.4, -0.2) is 32.1 Å². The average molecular weight is 369 g/mol. The van der Waals surface area contributed by atoms with Crippen LogP contribution in [0.2, 0.25) is 0 Å². The number of aromatic nitrogens is 3. The highest BCUT2D eigenvalue weighted by Crippen LogP contribution is 2.34. The molecule has 3 aromatic rings. The molecule has 0 saturated carbocycles. The maximum absolute atomic E-state index is 12.0. The largest absolute Gasteiger partial charge is 0.469 e. The van der Waals surface area contributed by atoms with Crippen molar-refractivity contribution in [3.05, 3.63) is 54.0 Å². The highest BCUT2D eigenvalue weighted by molar-refractivity contribution is 8.00. The number of hydrogen-bond donors (Lipinski definition) is 0. The smallest absolute Gasteiger partial charge is 0.319 e. The summed E-state index contributed by atoms with van der Waals surface area (Å²) in [5.41, 5.74) is 2.04. The number of thioether (sulfide) groups is 1. The number of carbonyl (C=O) groups excluding carboxylic acids is 1. The van der Waals surface area contributed by atoms with Crippen LogP contribution in [0.25, 0.3) is 11.4 Å². The maximum Gasteiger partial charge on any atom is 0.319 e. The van der Waals surface area contributed by atoms with E-state index >= 15 is 0 Å². The molecule has 1 aliphatic heterocycles. The first-order valence-electron chi connectivity index (χ1n) is 8.50. The zero-order valence-electron chi connectivity index (χ0n) is 14.6. The number of carbonyl (C=O) groups is 1. The Hall–Kier alpha value is -2.54. The standard InChI is InChI=1S/C19H19N3O3S/c1-12-10-16(18(23)25-12)26-19-21-20-17(15-8-9-24-13(15)2)22(19)11-14-6-4-3-5-7-14/h3-9,12,16H,10-11H2,1-2H3/t12-,16-/m1/s1. The molecule has 1 saturated heterocycles. The lowest BCUT2D eigenvalue weighted by atomic mass is 10.2. The summed E-state index contributed by atoms with van der Waals surface area (Å²) in [5.74, 6) is 1.34. The molecule has 0 radical (unpaired) electrons. The summed E-state index contributed by atoms with van der Waals surface area (Å²) in [6.07, 6.45) is 2.28. The number of ether oxygens (including phenoxy) is 1. The minimum atomic E-state index is -0.248. The Morgan fingerprint density at radius 1 is 1.23 bits per heavy atom. The molecule has 2 atom stereocenters. The van der Waals surface area contributed by atoms with Crippen LogP contribution in [0, 0.1) is 6.92 Å². The zero-order valence-corrected chi connectivity index (χ0v) is 15.4. The molecule has 26 heavy (non-hydrogen) atoms. The molecular formula is C19H19N3O3S. The van der Waals surface area contributed by atoms with Gasteiger partial charge in [-0.2, -0.15) is 0 Å². The Bertz CT molecular complexity index is 919. The molecule has 1 aliphatic rings. The summed E-state index contributed by atoms with van der Waals surface area (Å²) in [5, 5.41) is 9.20. The van der Waals surface area contributed by atoms with Gasteiger partial charge in [-0.1, -0.05) is 42.1 Å². The topological polar surface area (TPSA) is 70.2 Å². The van der Waals surface area contributed by atoms with E-state index in [2.05, 4.69) is 22.3 Å². The zero-order chi connectivity index (χ0) is 18.1. The van der Waals surface area contributed by atoms with Crippen molar-refractivity contribution in [2.75, 3.05) is 0 Å². The molecule has 0 aliphatic carbocycles. The molecule has 134 valence electrons. The second kappa shape index (κ2) is 6.99. The molecule has 4 rings (SSSR count). The number of esters is 1. The molecule has 0 bridgehead atoms. The lowest BCUT2D eigenvalue weighted by molar-refractivity contribution is -0.140. The van der Waals surface area contributed by atoms with Gasteiger partial charge in [-0.3, -0.25) is 9.36 Å². The lowest BCUT2D eigenvalue weighted by Crippen LogP contribution is -2.12. The van der Waals surface area contributed by atoms with Crippen molar-refractivity contribution in [3.8, 4) is 11.4 Å². The molecule has 6 nitrogen and oxygen atoms in total. The first-order valence-corrected chi connectivity index (χ1v) is 9.38. The Balaban J connectivity index is 1.70. The van der Waals surface area contributed by atoms with Crippen molar-refractivity contribution in [1.29, 1.82) is 0 Å². The number of aryl methyl sites for hydroxylation is 1. The SMILES string of the molecule is Cc1occc1-c1nnc(S[C@@H]2C[C@@H](C)OC2=O)n1Cc1ccccc1. The first-order chi connectivity index (χ1) is 12.6. The molecule has 7 heteroatoms. The van der Waals surface area contributed by atoms with Gasteiger partial charge in [0.1, 0.15) is 17.1 Å². The Labute approximate surface area is 155 Å². The van der Waals surface area contributed by atoms with Crippen molar-refractivity contribution in [1.82, 2.24) is 14.8 Å². The fourth-order valence-electron chi connectivity index (χ4n) is 3.04. The van der Waals surface area contributed by atoms with Crippen LogP contribution in [0.5, 0.6) is 0 Å². The van der Waals surface area contributed by atoms with Crippen molar-refractivity contribution in [2.45, 2.75) is 43.3 Å². The van der Waals surface area contributed by atoms with Crippen LogP contribution in [0.15, 0.2) is 52.2 Å². The van der Waals surface area contributed by atoms with E-state index in [4.69, 9.17) is 9.15 Å². The van der Waals surface area contributed by atoms with E-state index in [0.29, 0.717) is 18.1 Å². The molecule has 1 fully saturated rings. The summed E-state index contributed by atoms with van der Waals surface area (Å²) < 4.78 is 12.7. The van der Waals surface area contributed by atoms with Crippen LogP contribution in [0.1, 0.15) is 24.7 Å².